The summed E-state index contributed by atoms with van der Waals surface area (Å²) >= 11 is 4.73. The van der Waals surface area contributed by atoms with Gasteiger partial charge in [0.1, 0.15) is 0 Å². The van der Waals surface area contributed by atoms with Gasteiger partial charge in [-0.15, -0.1) is 0 Å². The second kappa shape index (κ2) is 4.84. The standard InChI is InChI=1S/C10H13N3OS/c1-6-3-4-8(5-12-6)13-10(14)7(2)9(11)15/h3-5,7H,1-2H3,(H2,11,15)(H,13,14). The number of nitrogens with zero attached hydrogens (tertiary/aromatic N) is 1. The van der Waals surface area contributed by atoms with E-state index in [1.165, 1.54) is 0 Å². The minimum atomic E-state index is -0.471. The average molecular weight is 223 g/mol. The predicted molar refractivity (Wildman–Crippen MR) is 63.6 cm³/mol. The Hall–Kier alpha value is -1.49. The first kappa shape index (κ1) is 11.6. The molecule has 0 saturated heterocycles. The van der Waals surface area contributed by atoms with Crippen LogP contribution >= 0.6 is 12.2 Å². The zero-order valence-corrected chi connectivity index (χ0v) is 9.47. The highest BCUT2D eigenvalue weighted by molar-refractivity contribution is 7.80. The molecule has 0 aliphatic carbocycles. The van der Waals surface area contributed by atoms with Crippen LogP contribution in [0.5, 0.6) is 0 Å². The highest BCUT2D eigenvalue weighted by Crippen LogP contribution is 2.07. The van der Waals surface area contributed by atoms with Gasteiger partial charge in [-0.05, 0) is 26.0 Å². The molecule has 1 unspecified atom stereocenters. The van der Waals surface area contributed by atoms with Crippen LogP contribution in [0.4, 0.5) is 5.69 Å². The van der Waals surface area contributed by atoms with Gasteiger partial charge in [0.05, 0.1) is 22.8 Å². The number of hydrogen-bond donors (Lipinski definition) is 2. The molecule has 0 spiro atoms. The summed E-state index contributed by atoms with van der Waals surface area (Å²) in [5, 5.41) is 2.68. The van der Waals surface area contributed by atoms with Crippen molar-refractivity contribution < 1.29 is 4.79 Å². The molecule has 0 fully saturated rings. The maximum absolute atomic E-state index is 11.5. The summed E-state index contributed by atoms with van der Waals surface area (Å²) in [7, 11) is 0. The van der Waals surface area contributed by atoms with Gasteiger partial charge in [0.15, 0.2) is 0 Å². The fourth-order valence-electron chi connectivity index (χ4n) is 0.921. The van der Waals surface area contributed by atoms with Crippen molar-refractivity contribution >= 4 is 28.8 Å². The van der Waals surface area contributed by atoms with E-state index >= 15 is 0 Å². The molecule has 1 atom stereocenters. The maximum atomic E-state index is 11.5. The highest BCUT2D eigenvalue weighted by atomic mass is 32.1. The Labute approximate surface area is 93.9 Å². The first-order valence-corrected chi connectivity index (χ1v) is 4.94. The zero-order valence-electron chi connectivity index (χ0n) is 8.65. The highest BCUT2D eigenvalue weighted by Gasteiger charge is 2.15. The molecule has 15 heavy (non-hydrogen) atoms. The SMILES string of the molecule is Cc1ccc(NC(=O)C(C)C(N)=S)cn1. The summed E-state index contributed by atoms with van der Waals surface area (Å²) < 4.78 is 0. The van der Waals surface area contributed by atoms with Crippen LogP contribution in [-0.4, -0.2) is 15.9 Å². The summed E-state index contributed by atoms with van der Waals surface area (Å²) in [6, 6.07) is 3.60. The number of nitrogens with two attached hydrogens (primary N) is 1. The lowest BCUT2D eigenvalue weighted by molar-refractivity contribution is -0.117. The Kier molecular flexibility index (Phi) is 3.74. The smallest absolute Gasteiger partial charge is 0.234 e. The fraction of sp³-hybridized carbons (Fsp3) is 0.300. The van der Waals surface area contributed by atoms with Gasteiger partial charge in [0.25, 0.3) is 0 Å². The summed E-state index contributed by atoms with van der Waals surface area (Å²) in [6.07, 6.45) is 1.60. The first-order valence-electron chi connectivity index (χ1n) is 4.53. The first-order chi connectivity index (χ1) is 7.00. The number of rotatable bonds is 3. The van der Waals surface area contributed by atoms with Crippen LogP contribution in [0.15, 0.2) is 18.3 Å². The van der Waals surface area contributed by atoms with Crippen molar-refractivity contribution in [2.45, 2.75) is 13.8 Å². The molecule has 4 nitrogen and oxygen atoms in total. The molecule has 0 aliphatic rings. The molecule has 3 N–H and O–H groups in total. The molecule has 80 valence electrons. The number of aromatic nitrogens is 1. The molecule has 0 aliphatic heterocycles. The Morgan fingerprint density at radius 2 is 2.27 bits per heavy atom. The number of nitrogens with one attached hydrogen (secondary N) is 1. The number of pyridine rings is 1. The van der Waals surface area contributed by atoms with Gasteiger partial charge < -0.3 is 11.1 Å². The topological polar surface area (TPSA) is 68.0 Å². The molecule has 1 rings (SSSR count). The number of aryl methyl sites for hydroxylation is 1. The number of anilines is 1. The Morgan fingerprint density at radius 3 is 2.73 bits per heavy atom. The van der Waals surface area contributed by atoms with E-state index < -0.39 is 5.92 Å². The third-order valence-corrected chi connectivity index (χ3v) is 2.35. The van der Waals surface area contributed by atoms with Gasteiger partial charge in [0, 0.05) is 5.69 Å². The summed E-state index contributed by atoms with van der Waals surface area (Å²) in [4.78, 5) is 15.8. The van der Waals surface area contributed by atoms with E-state index in [4.69, 9.17) is 18.0 Å². The predicted octanol–water partition coefficient (Wildman–Crippen LogP) is 1.25. The minimum Gasteiger partial charge on any atom is -0.393 e. The molecular weight excluding hydrogens is 210 g/mol. The average Bonchev–Trinajstić information content (AvgIpc) is 2.20. The monoisotopic (exact) mass is 223 g/mol. The van der Waals surface area contributed by atoms with E-state index in [1.54, 1.807) is 19.2 Å². The molecule has 0 saturated carbocycles. The Balaban J connectivity index is 2.66. The third kappa shape index (κ3) is 3.28. The summed E-state index contributed by atoms with van der Waals surface area (Å²) in [6.45, 7) is 3.54. The number of hydrogen-bond acceptors (Lipinski definition) is 3. The van der Waals surface area contributed by atoms with E-state index in [9.17, 15) is 4.79 Å². The van der Waals surface area contributed by atoms with Crippen molar-refractivity contribution in [3.8, 4) is 0 Å². The van der Waals surface area contributed by atoms with Crippen molar-refractivity contribution in [2.24, 2.45) is 11.7 Å². The summed E-state index contributed by atoms with van der Waals surface area (Å²) in [5.41, 5.74) is 6.92. The van der Waals surface area contributed by atoms with Crippen LogP contribution in [0.25, 0.3) is 0 Å². The van der Waals surface area contributed by atoms with Crippen LogP contribution in [0.3, 0.4) is 0 Å². The number of carbonyl (C=O) groups excluding carboxylic acids is 1. The summed E-state index contributed by atoms with van der Waals surface area (Å²) in [5.74, 6) is -0.686. The fourth-order valence-corrected chi connectivity index (χ4v) is 1.03. The number of amides is 1. The van der Waals surface area contributed by atoms with Crippen LogP contribution < -0.4 is 11.1 Å². The van der Waals surface area contributed by atoms with Crippen LogP contribution in [-0.2, 0) is 4.79 Å². The molecule has 0 radical (unpaired) electrons. The van der Waals surface area contributed by atoms with E-state index in [2.05, 4.69) is 10.3 Å². The molecule has 1 aromatic heterocycles. The molecule has 1 amide bonds. The van der Waals surface area contributed by atoms with E-state index in [-0.39, 0.29) is 10.9 Å². The molecule has 1 heterocycles. The molecule has 5 heteroatoms. The normalized spacial score (nSPS) is 11.9. The second-order valence-electron chi connectivity index (χ2n) is 3.30. The van der Waals surface area contributed by atoms with Gasteiger partial charge >= 0.3 is 0 Å². The van der Waals surface area contributed by atoms with Gasteiger partial charge in [0.2, 0.25) is 5.91 Å². The second-order valence-corrected chi connectivity index (χ2v) is 3.77. The molecule has 0 aromatic carbocycles. The lowest BCUT2D eigenvalue weighted by Gasteiger charge is -2.10. The Bertz CT molecular complexity index is 375. The lowest BCUT2D eigenvalue weighted by Crippen LogP contribution is -2.30. The van der Waals surface area contributed by atoms with E-state index in [0.717, 1.165) is 5.69 Å². The quantitative estimate of drug-likeness (QED) is 0.757. The Morgan fingerprint density at radius 1 is 1.60 bits per heavy atom. The molecule has 1 aromatic rings. The zero-order chi connectivity index (χ0) is 11.4. The van der Waals surface area contributed by atoms with Gasteiger partial charge in [-0.25, -0.2) is 0 Å². The lowest BCUT2D eigenvalue weighted by atomic mass is 10.1. The van der Waals surface area contributed by atoms with E-state index in [1.807, 2.05) is 13.0 Å². The van der Waals surface area contributed by atoms with Crippen LogP contribution in [0.1, 0.15) is 12.6 Å². The molecule has 0 bridgehead atoms. The number of carbonyl (C=O) groups is 1. The van der Waals surface area contributed by atoms with Crippen molar-refractivity contribution in [2.75, 3.05) is 5.32 Å². The van der Waals surface area contributed by atoms with Gasteiger partial charge in [-0.1, -0.05) is 12.2 Å². The van der Waals surface area contributed by atoms with E-state index in [0.29, 0.717) is 5.69 Å². The minimum absolute atomic E-state index is 0.188. The number of thiocarbonyl (C=S) groups is 1. The van der Waals surface area contributed by atoms with Crippen molar-refractivity contribution in [1.29, 1.82) is 0 Å². The van der Waals surface area contributed by atoms with Gasteiger partial charge in [-0.3, -0.25) is 9.78 Å². The third-order valence-electron chi connectivity index (χ3n) is 2.00. The maximum Gasteiger partial charge on any atom is 0.234 e. The van der Waals surface area contributed by atoms with Crippen molar-refractivity contribution in [3.63, 3.8) is 0 Å². The molecular formula is C10H13N3OS. The van der Waals surface area contributed by atoms with Crippen molar-refractivity contribution in [3.05, 3.63) is 24.0 Å². The largest absolute Gasteiger partial charge is 0.393 e. The van der Waals surface area contributed by atoms with Gasteiger partial charge in [-0.2, -0.15) is 0 Å². The van der Waals surface area contributed by atoms with Crippen molar-refractivity contribution in [1.82, 2.24) is 4.98 Å². The van der Waals surface area contributed by atoms with Crippen LogP contribution in [0.2, 0.25) is 0 Å². The van der Waals surface area contributed by atoms with Crippen LogP contribution in [0, 0.1) is 12.8 Å².